The third-order valence-corrected chi connectivity index (χ3v) is 3.74. The Kier molecular flexibility index (Phi) is 5.12. The highest BCUT2D eigenvalue weighted by molar-refractivity contribution is 9.10. The van der Waals surface area contributed by atoms with Gasteiger partial charge in [0, 0.05) is 10.2 Å². The van der Waals surface area contributed by atoms with E-state index in [0.717, 1.165) is 28.0 Å². The van der Waals surface area contributed by atoms with Crippen LogP contribution in [0.4, 0.5) is 17.1 Å². The minimum absolute atomic E-state index is 0.646. The fourth-order valence-corrected chi connectivity index (χ4v) is 2.92. The van der Waals surface area contributed by atoms with Crippen LogP contribution in [0.3, 0.4) is 0 Å². The molecule has 4 heteroatoms. The number of aryl methyl sites for hydroxylation is 2. The van der Waals surface area contributed by atoms with Gasteiger partial charge in [0.1, 0.15) is 5.75 Å². The maximum atomic E-state index is 6.21. The van der Waals surface area contributed by atoms with Crippen LogP contribution in [0.15, 0.2) is 34.8 Å². The summed E-state index contributed by atoms with van der Waals surface area (Å²) in [5, 5.41) is 3.43. The van der Waals surface area contributed by atoms with Gasteiger partial charge >= 0.3 is 0 Å². The van der Waals surface area contributed by atoms with Crippen LogP contribution in [0.5, 0.6) is 5.75 Å². The van der Waals surface area contributed by atoms with Crippen molar-refractivity contribution in [2.24, 2.45) is 0 Å². The van der Waals surface area contributed by atoms with Crippen LogP contribution in [0.1, 0.15) is 24.5 Å². The first-order chi connectivity index (χ1) is 10.0. The van der Waals surface area contributed by atoms with Crippen LogP contribution >= 0.6 is 15.9 Å². The molecule has 3 N–H and O–H groups in total. The van der Waals surface area contributed by atoms with Gasteiger partial charge in [0.15, 0.2) is 0 Å². The van der Waals surface area contributed by atoms with Crippen LogP contribution in [-0.2, 0) is 0 Å². The fraction of sp³-hybridized carbons (Fsp3) is 0.294. The first-order valence-corrected chi connectivity index (χ1v) is 7.87. The summed E-state index contributed by atoms with van der Waals surface area (Å²) in [4.78, 5) is 0. The van der Waals surface area contributed by atoms with Crippen molar-refractivity contribution >= 4 is 33.0 Å². The number of nitrogens with one attached hydrogen (secondary N) is 1. The quantitative estimate of drug-likeness (QED) is 0.731. The molecule has 0 aromatic heterocycles. The molecule has 0 atom stereocenters. The van der Waals surface area contributed by atoms with E-state index >= 15 is 0 Å². The molecule has 2 aromatic rings. The molecule has 2 rings (SSSR count). The Bertz CT molecular complexity index is 618. The molecular weight excluding hydrogens is 328 g/mol. The Morgan fingerprint density at radius 1 is 1.19 bits per heavy atom. The summed E-state index contributed by atoms with van der Waals surface area (Å²) in [5.41, 5.74) is 11.1. The van der Waals surface area contributed by atoms with E-state index in [1.54, 1.807) is 0 Å². The molecular formula is C17H21BrN2O. The first-order valence-electron chi connectivity index (χ1n) is 7.08. The van der Waals surface area contributed by atoms with Crippen LogP contribution < -0.4 is 15.8 Å². The van der Waals surface area contributed by atoms with Crippen molar-refractivity contribution in [1.82, 2.24) is 0 Å². The molecule has 0 heterocycles. The number of hydrogen-bond donors (Lipinski definition) is 2. The number of nitrogen functional groups attached to an aromatic ring is 1. The first kappa shape index (κ1) is 15.7. The summed E-state index contributed by atoms with van der Waals surface area (Å²) in [6, 6.07) is 9.99. The molecule has 0 aliphatic rings. The molecule has 3 nitrogen and oxygen atoms in total. The van der Waals surface area contributed by atoms with Gasteiger partial charge in [0.05, 0.1) is 18.0 Å². The zero-order valence-electron chi connectivity index (χ0n) is 12.7. The second-order valence-electron chi connectivity index (χ2n) is 5.11. The Labute approximate surface area is 134 Å². The SMILES string of the molecule is CCCOc1cccc(Nc2c(C)cc(Br)cc2C)c1N. The predicted molar refractivity (Wildman–Crippen MR) is 93.5 cm³/mol. The van der Waals surface area contributed by atoms with E-state index in [4.69, 9.17) is 10.5 Å². The van der Waals surface area contributed by atoms with Gasteiger partial charge in [0.25, 0.3) is 0 Å². The summed E-state index contributed by atoms with van der Waals surface area (Å²) in [5.74, 6) is 0.731. The Morgan fingerprint density at radius 2 is 1.86 bits per heavy atom. The van der Waals surface area contributed by atoms with E-state index < -0.39 is 0 Å². The topological polar surface area (TPSA) is 47.3 Å². The minimum atomic E-state index is 0.646. The molecule has 0 fully saturated rings. The number of halogens is 1. The largest absolute Gasteiger partial charge is 0.491 e. The van der Waals surface area contributed by atoms with E-state index in [0.29, 0.717) is 12.3 Å². The van der Waals surface area contributed by atoms with E-state index in [1.165, 1.54) is 11.1 Å². The molecule has 0 spiro atoms. The summed E-state index contributed by atoms with van der Waals surface area (Å²) in [6.45, 7) is 6.90. The molecule has 0 amide bonds. The number of hydrogen-bond acceptors (Lipinski definition) is 3. The van der Waals surface area contributed by atoms with Crippen molar-refractivity contribution in [3.05, 3.63) is 45.9 Å². The lowest BCUT2D eigenvalue weighted by Gasteiger charge is -2.17. The number of ether oxygens (including phenoxy) is 1. The molecule has 0 aliphatic heterocycles. The van der Waals surface area contributed by atoms with Gasteiger partial charge in [-0.15, -0.1) is 0 Å². The molecule has 0 unspecified atom stereocenters. The van der Waals surface area contributed by atoms with Crippen molar-refractivity contribution in [3.63, 3.8) is 0 Å². The van der Waals surface area contributed by atoms with Crippen LogP contribution in [0.2, 0.25) is 0 Å². The molecule has 0 aliphatic carbocycles. The lowest BCUT2D eigenvalue weighted by Crippen LogP contribution is -2.03. The van der Waals surface area contributed by atoms with Crippen LogP contribution in [0.25, 0.3) is 0 Å². The number of anilines is 3. The standard InChI is InChI=1S/C17H21BrN2O/c1-4-8-21-15-7-5-6-14(16(15)19)20-17-11(2)9-13(18)10-12(17)3/h5-7,9-10,20H,4,8,19H2,1-3H3. The molecule has 21 heavy (non-hydrogen) atoms. The van der Waals surface area contributed by atoms with Crippen molar-refractivity contribution < 1.29 is 4.74 Å². The lowest BCUT2D eigenvalue weighted by atomic mass is 10.1. The summed E-state index contributed by atoms with van der Waals surface area (Å²) in [6.07, 6.45) is 0.960. The third kappa shape index (κ3) is 3.70. The number of benzene rings is 2. The van der Waals surface area contributed by atoms with Gasteiger partial charge in [0.2, 0.25) is 0 Å². The van der Waals surface area contributed by atoms with Gasteiger partial charge in [-0.25, -0.2) is 0 Å². The van der Waals surface area contributed by atoms with Gasteiger partial charge in [-0.2, -0.15) is 0 Å². The summed E-state index contributed by atoms with van der Waals surface area (Å²) in [7, 11) is 0. The highest BCUT2D eigenvalue weighted by Gasteiger charge is 2.09. The lowest BCUT2D eigenvalue weighted by molar-refractivity contribution is 0.319. The second-order valence-corrected chi connectivity index (χ2v) is 6.02. The second kappa shape index (κ2) is 6.85. The summed E-state index contributed by atoms with van der Waals surface area (Å²) >= 11 is 3.51. The summed E-state index contributed by atoms with van der Waals surface area (Å²) < 4.78 is 6.75. The highest BCUT2D eigenvalue weighted by atomic mass is 79.9. The minimum Gasteiger partial charge on any atom is -0.491 e. The Balaban J connectivity index is 2.32. The molecule has 0 radical (unpaired) electrons. The number of para-hydroxylation sites is 1. The van der Waals surface area contributed by atoms with E-state index in [-0.39, 0.29) is 0 Å². The average molecular weight is 349 g/mol. The number of nitrogens with two attached hydrogens (primary N) is 1. The van der Waals surface area contributed by atoms with Crippen molar-refractivity contribution in [1.29, 1.82) is 0 Å². The van der Waals surface area contributed by atoms with Crippen molar-refractivity contribution in [2.75, 3.05) is 17.7 Å². The fourth-order valence-electron chi connectivity index (χ4n) is 2.23. The van der Waals surface area contributed by atoms with E-state index in [1.807, 2.05) is 18.2 Å². The van der Waals surface area contributed by atoms with Gasteiger partial charge < -0.3 is 15.8 Å². The highest BCUT2D eigenvalue weighted by Crippen LogP contribution is 2.34. The molecule has 0 saturated carbocycles. The number of rotatable bonds is 5. The van der Waals surface area contributed by atoms with Crippen molar-refractivity contribution in [3.8, 4) is 5.75 Å². The molecule has 2 aromatic carbocycles. The molecule has 0 saturated heterocycles. The Morgan fingerprint density at radius 3 is 2.48 bits per heavy atom. The average Bonchev–Trinajstić information content (AvgIpc) is 2.43. The van der Waals surface area contributed by atoms with E-state index in [9.17, 15) is 0 Å². The third-order valence-electron chi connectivity index (χ3n) is 3.28. The monoisotopic (exact) mass is 348 g/mol. The molecule has 112 valence electrons. The zero-order valence-corrected chi connectivity index (χ0v) is 14.3. The van der Waals surface area contributed by atoms with E-state index in [2.05, 4.69) is 54.2 Å². The van der Waals surface area contributed by atoms with Gasteiger partial charge in [-0.3, -0.25) is 0 Å². The van der Waals surface area contributed by atoms with Gasteiger partial charge in [-0.1, -0.05) is 28.9 Å². The van der Waals surface area contributed by atoms with Crippen LogP contribution in [-0.4, -0.2) is 6.61 Å². The van der Waals surface area contributed by atoms with Crippen molar-refractivity contribution in [2.45, 2.75) is 27.2 Å². The normalized spacial score (nSPS) is 10.5. The Hall–Kier alpha value is -1.68. The smallest absolute Gasteiger partial charge is 0.144 e. The van der Waals surface area contributed by atoms with Gasteiger partial charge in [-0.05, 0) is 55.7 Å². The zero-order chi connectivity index (χ0) is 15.4. The van der Waals surface area contributed by atoms with Crippen LogP contribution in [0, 0.1) is 13.8 Å². The maximum Gasteiger partial charge on any atom is 0.144 e. The predicted octanol–water partition coefficient (Wildman–Crippen LogP) is 5.18. The molecule has 0 bridgehead atoms. The maximum absolute atomic E-state index is 6.21.